The number of benzene rings is 3. The van der Waals surface area contributed by atoms with E-state index >= 15 is 0 Å². The van der Waals surface area contributed by atoms with Crippen LogP contribution in [0, 0.1) is 17.0 Å². The van der Waals surface area contributed by atoms with Crippen LogP contribution in [0.3, 0.4) is 0 Å². The third-order valence-electron chi connectivity index (χ3n) is 5.98. The van der Waals surface area contributed by atoms with Crippen molar-refractivity contribution in [2.24, 2.45) is 0 Å². The molecule has 9 nitrogen and oxygen atoms in total. The van der Waals surface area contributed by atoms with E-state index in [1.165, 1.54) is 40.5 Å². The molecule has 1 saturated heterocycles. The van der Waals surface area contributed by atoms with Gasteiger partial charge in [-0.05, 0) is 42.8 Å². The number of amides is 1. The molecule has 5 rings (SSSR count). The van der Waals surface area contributed by atoms with E-state index in [4.69, 9.17) is 4.74 Å². The van der Waals surface area contributed by atoms with Gasteiger partial charge < -0.3 is 9.84 Å². The first-order valence-electron chi connectivity index (χ1n) is 10.9. The minimum Gasteiger partial charge on any atom is -0.507 e. The van der Waals surface area contributed by atoms with Gasteiger partial charge in [-0.2, -0.15) is 0 Å². The number of nitro groups is 1. The molecule has 0 spiro atoms. The standard InChI is InChI=1S/C26H19N3O6S/c1-14-3-5-16(6-4-14)23(30)21-22(15-7-9-17(10-8-15)29(33)34)28(25(32)24(21)31)26-27-19-12-11-18(35-2)13-20(19)36-26/h3-13,22,30H,1-2H3/t22-/m1/s1. The Bertz CT molecular complexity index is 1560. The van der Waals surface area contributed by atoms with Crippen molar-refractivity contribution in [1.29, 1.82) is 0 Å². The monoisotopic (exact) mass is 501 g/mol. The number of fused-ring (bicyclic) bond motifs is 1. The van der Waals surface area contributed by atoms with Gasteiger partial charge in [-0.3, -0.25) is 24.6 Å². The van der Waals surface area contributed by atoms with Gasteiger partial charge in [0, 0.05) is 17.7 Å². The molecule has 1 atom stereocenters. The number of thiazole rings is 1. The lowest BCUT2D eigenvalue weighted by atomic mass is 9.95. The number of aliphatic hydroxyl groups is 1. The number of aromatic nitrogens is 1. The summed E-state index contributed by atoms with van der Waals surface area (Å²) in [4.78, 5) is 43.1. The molecule has 1 aromatic heterocycles. The van der Waals surface area contributed by atoms with Gasteiger partial charge in [-0.15, -0.1) is 0 Å². The van der Waals surface area contributed by atoms with Gasteiger partial charge in [-0.25, -0.2) is 4.98 Å². The Kier molecular flexibility index (Phi) is 5.73. The second-order valence-corrected chi connectivity index (χ2v) is 9.22. The highest BCUT2D eigenvalue weighted by molar-refractivity contribution is 7.22. The number of anilines is 1. The lowest BCUT2D eigenvalue weighted by molar-refractivity contribution is -0.384. The van der Waals surface area contributed by atoms with Gasteiger partial charge in [0.2, 0.25) is 0 Å². The van der Waals surface area contributed by atoms with Gasteiger partial charge in [0.1, 0.15) is 11.5 Å². The van der Waals surface area contributed by atoms with Crippen molar-refractivity contribution in [3.63, 3.8) is 0 Å². The van der Waals surface area contributed by atoms with Gasteiger partial charge in [0.15, 0.2) is 5.13 Å². The molecule has 10 heteroatoms. The predicted molar refractivity (Wildman–Crippen MR) is 135 cm³/mol. The molecule has 36 heavy (non-hydrogen) atoms. The molecule has 2 heterocycles. The molecule has 1 aliphatic heterocycles. The molecular formula is C26H19N3O6S. The summed E-state index contributed by atoms with van der Waals surface area (Å²) in [5.41, 5.74) is 2.11. The van der Waals surface area contributed by atoms with Crippen molar-refractivity contribution < 1.29 is 24.4 Å². The maximum atomic E-state index is 13.3. The van der Waals surface area contributed by atoms with Crippen LogP contribution in [-0.2, 0) is 9.59 Å². The Balaban J connectivity index is 1.71. The number of nitrogens with zero attached hydrogens (tertiary/aromatic N) is 3. The molecule has 0 radical (unpaired) electrons. The van der Waals surface area contributed by atoms with Crippen LogP contribution in [0.5, 0.6) is 5.75 Å². The molecule has 3 aromatic carbocycles. The fourth-order valence-corrected chi connectivity index (χ4v) is 5.13. The number of aliphatic hydroxyl groups excluding tert-OH is 1. The van der Waals surface area contributed by atoms with Crippen LogP contribution >= 0.6 is 11.3 Å². The number of hydrogen-bond donors (Lipinski definition) is 1. The number of carbonyl (C=O) groups is 2. The summed E-state index contributed by atoms with van der Waals surface area (Å²) in [6.07, 6.45) is 0. The number of nitro benzene ring substituents is 1. The lowest BCUT2D eigenvalue weighted by Crippen LogP contribution is -2.29. The maximum absolute atomic E-state index is 13.3. The van der Waals surface area contributed by atoms with Crippen molar-refractivity contribution in [2.45, 2.75) is 13.0 Å². The number of Topliss-reactive ketones (excluding diaryl/α,β-unsaturated/α-hetero) is 1. The zero-order chi connectivity index (χ0) is 25.6. The van der Waals surface area contributed by atoms with E-state index in [1.807, 2.05) is 6.92 Å². The van der Waals surface area contributed by atoms with E-state index < -0.39 is 22.7 Å². The largest absolute Gasteiger partial charge is 0.507 e. The molecule has 4 aromatic rings. The van der Waals surface area contributed by atoms with Gasteiger partial charge in [0.25, 0.3) is 11.5 Å². The first-order chi connectivity index (χ1) is 17.3. The molecule has 180 valence electrons. The van der Waals surface area contributed by atoms with Crippen LogP contribution < -0.4 is 9.64 Å². The van der Waals surface area contributed by atoms with Crippen molar-refractivity contribution in [1.82, 2.24) is 4.98 Å². The minimum absolute atomic E-state index is 0.116. The van der Waals surface area contributed by atoms with Crippen LogP contribution in [0.15, 0.2) is 72.3 Å². The molecule has 0 unspecified atom stereocenters. The molecule has 0 saturated carbocycles. The number of ether oxygens (including phenoxy) is 1. The van der Waals surface area contributed by atoms with Crippen molar-refractivity contribution in [3.8, 4) is 5.75 Å². The molecule has 1 fully saturated rings. The molecule has 0 bridgehead atoms. The number of aryl methyl sites for hydroxylation is 1. The van der Waals surface area contributed by atoms with Crippen molar-refractivity contribution in [3.05, 3.63) is 99.1 Å². The normalized spacial score (nSPS) is 17.1. The van der Waals surface area contributed by atoms with Crippen molar-refractivity contribution >= 4 is 49.8 Å². The smallest absolute Gasteiger partial charge is 0.301 e. The van der Waals surface area contributed by atoms with Crippen molar-refractivity contribution in [2.75, 3.05) is 12.0 Å². The highest BCUT2D eigenvalue weighted by Crippen LogP contribution is 2.44. The zero-order valence-electron chi connectivity index (χ0n) is 19.2. The quantitative estimate of drug-likeness (QED) is 0.132. The highest BCUT2D eigenvalue weighted by Gasteiger charge is 2.48. The molecule has 0 aliphatic carbocycles. The minimum atomic E-state index is -1.03. The van der Waals surface area contributed by atoms with E-state index in [0.717, 1.165) is 10.3 Å². The van der Waals surface area contributed by atoms with Crippen LogP contribution in [0.25, 0.3) is 16.0 Å². The third-order valence-corrected chi connectivity index (χ3v) is 7.00. The first kappa shape index (κ1) is 23.2. The fraction of sp³-hybridized carbons (Fsp3) is 0.115. The molecular weight excluding hydrogens is 482 g/mol. The molecule has 1 amide bonds. The van der Waals surface area contributed by atoms with E-state index in [1.54, 1.807) is 49.6 Å². The summed E-state index contributed by atoms with van der Waals surface area (Å²) in [5, 5.41) is 22.6. The second-order valence-electron chi connectivity index (χ2n) is 8.21. The summed E-state index contributed by atoms with van der Waals surface area (Å²) >= 11 is 1.20. The number of ketones is 1. The Hall–Kier alpha value is -4.57. The van der Waals surface area contributed by atoms with Crippen LogP contribution in [0.4, 0.5) is 10.8 Å². The Morgan fingerprint density at radius 3 is 2.42 bits per heavy atom. The summed E-state index contributed by atoms with van der Waals surface area (Å²) < 4.78 is 6.01. The SMILES string of the molecule is COc1ccc2nc(N3C(=O)C(=O)C(=C(O)c4ccc(C)cc4)[C@H]3c3ccc([N+](=O)[O-])cc3)sc2c1. The number of non-ortho nitro benzene ring substituents is 1. The van der Waals surface area contributed by atoms with E-state index in [0.29, 0.717) is 22.4 Å². The number of carbonyl (C=O) groups excluding carboxylic acids is 2. The van der Waals surface area contributed by atoms with Gasteiger partial charge in [-0.1, -0.05) is 41.2 Å². The van der Waals surface area contributed by atoms with E-state index in [2.05, 4.69) is 4.98 Å². The van der Waals surface area contributed by atoms with Crippen LogP contribution in [0.1, 0.15) is 22.7 Å². The maximum Gasteiger partial charge on any atom is 0.301 e. The summed E-state index contributed by atoms with van der Waals surface area (Å²) in [5.74, 6) is -1.43. The first-order valence-corrected chi connectivity index (χ1v) is 11.7. The van der Waals surface area contributed by atoms with Gasteiger partial charge in [0.05, 0.1) is 33.9 Å². The summed E-state index contributed by atoms with van der Waals surface area (Å²) in [7, 11) is 1.54. The predicted octanol–water partition coefficient (Wildman–Crippen LogP) is 5.15. The number of methoxy groups -OCH3 is 1. The molecule has 1 N–H and O–H groups in total. The Morgan fingerprint density at radius 2 is 1.78 bits per heavy atom. The van der Waals surface area contributed by atoms with Crippen LogP contribution in [-0.4, -0.2) is 33.8 Å². The van der Waals surface area contributed by atoms with Gasteiger partial charge >= 0.3 is 5.91 Å². The highest BCUT2D eigenvalue weighted by atomic mass is 32.1. The summed E-state index contributed by atoms with van der Waals surface area (Å²) in [6, 6.07) is 16.7. The Labute approximate surface area is 209 Å². The third kappa shape index (κ3) is 3.87. The number of hydrogen-bond acceptors (Lipinski definition) is 8. The fourth-order valence-electron chi connectivity index (χ4n) is 4.11. The zero-order valence-corrected chi connectivity index (χ0v) is 20.0. The average Bonchev–Trinajstić information content (AvgIpc) is 3.41. The summed E-state index contributed by atoms with van der Waals surface area (Å²) in [6.45, 7) is 1.89. The number of rotatable bonds is 5. The topological polar surface area (TPSA) is 123 Å². The van der Waals surface area contributed by atoms with E-state index in [-0.39, 0.29) is 22.2 Å². The average molecular weight is 502 g/mol. The Morgan fingerprint density at radius 1 is 1.08 bits per heavy atom. The van der Waals surface area contributed by atoms with Crippen LogP contribution in [0.2, 0.25) is 0 Å². The molecule has 1 aliphatic rings. The second kappa shape index (κ2) is 8.90. The van der Waals surface area contributed by atoms with E-state index in [9.17, 15) is 24.8 Å². The lowest BCUT2D eigenvalue weighted by Gasteiger charge is -2.22.